The molecule has 0 spiro atoms. The van der Waals surface area contributed by atoms with Crippen LogP contribution in [-0.4, -0.2) is 36.1 Å². The van der Waals surface area contributed by atoms with E-state index in [1.807, 2.05) is 6.07 Å². The van der Waals surface area contributed by atoms with Crippen LogP contribution in [0.25, 0.3) is 0 Å². The lowest BCUT2D eigenvalue weighted by Crippen LogP contribution is -2.30. The van der Waals surface area contributed by atoms with Crippen LogP contribution < -0.4 is 15.8 Å². The number of aromatic amines is 1. The minimum atomic E-state index is -3.83. The number of benzene rings is 1. The zero-order valence-electron chi connectivity index (χ0n) is 15.4. The minimum absolute atomic E-state index is 0.132. The van der Waals surface area contributed by atoms with Gasteiger partial charge in [-0.25, -0.2) is 13.1 Å². The Bertz CT molecular complexity index is 1010. The normalized spacial score (nSPS) is 11.4. The second-order valence-corrected chi connectivity index (χ2v) is 8.03. The molecule has 2 rings (SSSR count). The number of anilines is 2. The van der Waals surface area contributed by atoms with Gasteiger partial charge in [-0.1, -0.05) is 0 Å². The maximum absolute atomic E-state index is 12.2. The molecule has 0 amide bonds. The summed E-state index contributed by atoms with van der Waals surface area (Å²) in [4.78, 5) is 10.5. The number of nitro groups is 1. The predicted octanol–water partition coefficient (Wildman–Crippen LogP) is 1.50. The monoisotopic (exact) mass is 407 g/mol. The lowest BCUT2D eigenvalue weighted by Gasteiger charge is -2.11. The van der Waals surface area contributed by atoms with E-state index in [0.717, 1.165) is 6.07 Å². The Labute approximate surface area is 162 Å². The van der Waals surface area contributed by atoms with Crippen LogP contribution in [0.15, 0.2) is 23.1 Å². The van der Waals surface area contributed by atoms with Crippen molar-refractivity contribution < 1.29 is 13.3 Å². The molecule has 28 heavy (non-hydrogen) atoms. The number of hydrogen-bond acceptors (Lipinski definition) is 8. The first-order valence-corrected chi connectivity index (χ1v) is 9.91. The molecule has 2 aromatic rings. The first-order chi connectivity index (χ1) is 13.2. The van der Waals surface area contributed by atoms with E-state index in [9.17, 15) is 18.5 Å². The third-order valence-electron chi connectivity index (χ3n) is 3.77. The zero-order valence-corrected chi connectivity index (χ0v) is 16.2. The molecule has 0 aliphatic carbocycles. The molecule has 0 aliphatic heterocycles. The molecule has 1 heterocycles. The number of sulfonamides is 1. The van der Waals surface area contributed by atoms with Crippen molar-refractivity contribution in [2.75, 3.05) is 17.6 Å². The lowest BCUT2D eigenvalue weighted by molar-refractivity contribution is -0.384. The van der Waals surface area contributed by atoms with Gasteiger partial charge in [0.05, 0.1) is 15.5 Å². The third kappa shape index (κ3) is 4.96. The van der Waals surface area contributed by atoms with Gasteiger partial charge in [-0.05, 0) is 38.8 Å². The van der Waals surface area contributed by atoms with Crippen molar-refractivity contribution in [2.24, 2.45) is 0 Å². The standard InChI is InChI=1S/C16H21N7O4S/c1-10(2)22-28(26,27)11-5-6-14(15(8-11)23(24)25)19-7-3-4-13-12(9-17)16(18)21-20-13/h5-6,8,10,19,22H,3-4,7H2,1-2H3,(H3,18,20,21). The molecule has 11 nitrogen and oxygen atoms in total. The number of rotatable bonds is 9. The molecule has 0 radical (unpaired) electrons. The third-order valence-corrected chi connectivity index (χ3v) is 5.42. The highest BCUT2D eigenvalue weighted by Gasteiger charge is 2.22. The van der Waals surface area contributed by atoms with E-state index in [1.165, 1.54) is 12.1 Å². The smallest absolute Gasteiger partial charge is 0.293 e. The van der Waals surface area contributed by atoms with Crippen LogP contribution in [0.2, 0.25) is 0 Å². The SMILES string of the molecule is CC(C)NS(=O)(=O)c1ccc(NCCCc2[nH]nc(N)c2C#N)c([N+](=O)[O-])c1. The number of nitro benzene ring substituents is 1. The molecule has 12 heteroatoms. The molecule has 150 valence electrons. The number of aromatic nitrogens is 2. The van der Waals surface area contributed by atoms with Crippen LogP contribution in [-0.2, 0) is 16.4 Å². The summed E-state index contributed by atoms with van der Waals surface area (Å²) in [5.41, 5.74) is 6.32. The second-order valence-electron chi connectivity index (χ2n) is 6.32. The molecule has 5 N–H and O–H groups in total. The number of nitrogen functional groups attached to an aromatic ring is 1. The van der Waals surface area contributed by atoms with E-state index in [0.29, 0.717) is 25.1 Å². The number of nitrogens with two attached hydrogens (primary N) is 1. The zero-order chi connectivity index (χ0) is 20.9. The van der Waals surface area contributed by atoms with Gasteiger partial charge in [0.15, 0.2) is 5.82 Å². The van der Waals surface area contributed by atoms with Crippen LogP contribution in [0.5, 0.6) is 0 Å². The summed E-state index contributed by atoms with van der Waals surface area (Å²) in [6.45, 7) is 3.68. The fourth-order valence-corrected chi connectivity index (χ4v) is 3.82. The van der Waals surface area contributed by atoms with E-state index in [-0.39, 0.29) is 33.7 Å². The average Bonchev–Trinajstić information content (AvgIpc) is 2.97. The molecule has 0 saturated heterocycles. The van der Waals surface area contributed by atoms with E-state index in [4.69, 9.17) is 11.0 Å². The Hall–Kier alpha value is -3.17. The number of aryl methyl sites for hydroxylation is 1. The Morgan fingerprint density at radius 1 is 1.43 bits per heavy atom. The van der Waals surface area contributed by atoms with Gasteiger partial charge in [0, 0.05) is 18.7 Å². The summed E-state index contributed by atoms with van der Waals surface area (Å²) in [6.07, 6.45) is 1.01. The number of H-pyrrole nitrogens is 1. The van der Waals surface area contributed by atoms with Gasteiger partial charge in [-0.3, -0.25) is 15.2 Å². The fourth-order valence-electron chi connectivity index (χ4n) is 2.55. The van der Waals surface area contributed by atoms with Crippen LogP contribution in [0.1, 0.15) is 31.5 Å². The van der Waals surface area contributed by atoms with Gasteiger partial charge in [-0.15, -0.1) is 0 Å². The quantitative estimate of drug-likeness (QED) is 0.274. The summed E-state index contributed by atoms with van der Waals surface area (Å²) in [5.74, 6) is 0.132. The van der Waals surface area contributed by atoms with Crippen molar-refractivity contribution in [3.05, 3.63) is 39.6 Å². The molecule has 0 unspecified atom stereocenters. The van der Waals surface area contributed by atoms with Crippen LogP contribution in [0.4, 0.5) is 17.2 Å². The summed E-state index contributed by atoms with van der Waals surface area (Å²) >= 11 is 0. The van der Waals surface area contributed by atoms with Gasteiger partial charge in [0.25, 0.3) is 5.69 Å². The van der Waals surface area contributed by atoms with E-state index in [2.05, 4.69) is 20.2 Å². The Kier molecular flexibility index (Phi) is 6.55. The highest BCUT2D eigenvalue weighted by Crippen LogP contribution is 2.27. The molecule has 1 aromatic carbocycles. The number of nitrogens with one attached hydrogen (secondary N) is 3. The topological polar surface area (TPSA) is 180 Å². The van der Waals surface area contributed by atoms with Crippen LogP contribution in [0, 0.1) is 21.4 Å². The fraction of sp³-hybridized carbons (Fsp3) is 0.375. The molecular formula is C16H21N7O4S. The van der Waals surface area contributed by atoms with Crippen molar-refractivity contribution in [2.45, 2.75) is 37.6 Å². The maximum Gasteiger partial charge on any atom is 0.293 e. The minimum Gasteiger partial charge on any atom is -0.381 e. The van der Waals surface area contributed by atoms with Crippen molar-refractivity contribution in [3.63, 3.8) is 0 Å². The number of nitriles is 1. The molecule has 0 saturated carbocycles. The van der Waals surface area contributed by atoms with Crippen molar-refractivity contribution in [1.29, 1.82) is 5.26 Å². The Morgan fingerprint density at radius 2 is 2.14 bits per heavy atom. The summed E-state index contributed by atoms with van der Waals surface area (Å²) in [7, 11) is -3.83. The largest absolute Gasteiger partial charge is 0.381 e. The molecule has 1 aromatic heterocycles. The summed E-state index contributed by atoms with van der Waals surface area (Å²) < 4.78 is 26.8. The van der Waals surface area contributed by atoms with E-state index in [1.54, 1.807) is 13.8 Å². The van der Waals surface area contributed by atoms with Gasteiger partial charge >= 0.3 is 0 Å². The lowest BCUT2D eigenvalue weighted by atomic mass is 10.1. The van der Waals surface area contributed by atoms with Crippen LogP contribution in [0.3, 0.4) is 0 Å². The predicted molar refractivity (Wildman–Crippen MR) is 103 cm³/mol. The molecule has 0 aliphatic rings. The van der Waals surface area contributed by atoms with E-state index < -0.39 is 14.9 Å². The number of hydrogen-bond donors (Lipinski definition) is 4. The van der Waals surface area contributed by atoms with Gasteiger partial charge < -0.3 is 11.1 Å². The van der Waals surface area contributed by atoms with Gasteiger partial charge in [0.1, 0.15) is 17.3 Å². The highest BCUT2D eigenvalue weighted by molar-refractivity contribution is 7.89. The summed E-state index contributed by atoms with van der Waals surface area (Å²) in [5, 5.41) is 29.8. The van der Waals surface area contributed by atoms with Crippen molar-refractivity contribution in [3.8, 4) is 6.07 Å². The second kappa shape index (κ2) is 8.68. The van der Waals surface area contributed by atoms with Crippen LogP contribution >= 0.6 is 0 Å². The summed E-state index contributed by atoms with van der Waals surface area (Å²) in [6, 6.07) is 5.33. The highest BCUT2D eigenvalue weighted by atomic mass is 32.2. The Balaban J connectivity index is 2.09. The first kappa shape index (κ1) is 21.1. The average molecular weight is 407 g/mol. The number of nitrogens with zero attached hydrogens (tertiary/aromatic N) is 3. The van der Waals surface area contributed by atoms with Gasteiger partial charge in [0.2, 0.25) is 10.0 Å². The van der Waals surface area contributed by atoms with E-state index >= 15 is 0 Å². The molecule has 0 atom stereocenters. The first-order valence-electron chi connectivity index (χ1n) is 8.43. The molecule has 0 bridgehead atoms. The molecule has 0 fully saturated rings. The maximum atomic E-state index is 12.2. The van der Waals surface area contributed by atoms with Crippen molar-refractivity contribution in [1.82, 2.24) is 14.9 Å². The Morgan fingerprint density at radius 3 is 2.75 bits per heavy atom. The molecular weight excluding hydrogens is 386 g/mol. The van der Waals surface area contributed by atoms with Gasteiger partial charge in [-0.2, -0.15) is 10.4 Å². The van der Waals surface area contributed by atoms with Crippen molar-refractivity contribution >= 4 is 27.2 Å².